The topological polar surface area (TPSA) is 60.7 Å². The summed E-state index contributed by atoms with van der Waals surface area (Å²) in [5, 5.41) is 25.0. The van der Waals surface area contributed by atoms with E-state index in [-0.39, 0.29) is 0 Å². The van der Waals surface area contributed by atoms with E-state index in [1.807, 2.05) is 0 Å². The van der Waals surface area contributed by atoms with Gasteiger partial charge in [-0.15, -0.1) is 0 Å². The summed E-state index contributed by atoms with van der Waals surface area (Å²) in [5.41, 5.74) is -3.02. The van der Waals surface area contributed by atoms with Crippen LogP contribution in [0.1, 0.15) is 0 Å². The summed E-state index contributed by atoms with van der Waals surface area (Å²) < 4.78 is 0. The molecule has 0 radical (unpaired) electrons. The zero-order valence-electron chi connectivity index (χ0n) is 3.83. The van der Waals surface area contributed by atoms with Crippen molar-refractivity contribution in [3.63, 3.8) is 0 Å². The molecule has 0 aliphatic rings. The second-order valence-electron chi connectivity index (χ2n) is 1.24. The highest BCUT2D eigenvalue weighted by Crippen LogP contribution is 2.05. The number of rotatable bonds is 2. The van der Waals surface area contributed by atoms with Gasteiger partial charge in [0.2, 0.25) is 0 Å². The van der Waals surface area contributed by atoms with E-state index in [0.29, 0.717) is 0 Å². The molecule has 2 atom stereocenters. The van der Waals surface area contributed by atoms with Crippen molar-refractivity contribution in [3.05, 3.63) is 0 Å². The Kier molecular flexibility index (Phi) is 3.68. The van der Waals surface area contributed by atoms with Crippen LogP contribution in [0.15, 0.2) is 0 Å². The van der Waals surface area contributed by atoms with Gasteiger partial charge in [-0.2, -0.15) is 0 Å². The highest BCUT2D eigenvalue weighted by molar-refractivity contribution is 6.23. The molecule has 0 aliphatic carbocycles. The summed E-state index contributed by atoms with van der Waals surface area (Å²) >= 11 is 9.77. The molecule has 0 rings (SSSR count). The SMILES string of the molecule is OC(Cl)C(O)C(O)Cl. The number of aliphatic hydroxyl groups is 3. The third-order valence-electron chi connectivity index (χ3n) is 0.564. The van der Waals surface area contributed by atoms with Crippen LogP contribution in [0.25, 0.3) is 0 Å². The summed E-state index contributed by atoms with van der Waals surface area (Å²) in [6.07, 6.45) is -1.49. The van der Waals surface area contributed by atoms with Gasteiger partial charge in [-0.3, -0.25) is 0 Å². The Balaban J connectivity index is 3.46. The summed E-state index contributed by atoms with van der Waals surface area (Å²) in [5.74, 6) is 0. The van der Waals surface area contributed by atoms with Gasteiger partial charge in [0.1, 0.15) is 6.10 Å². The molecule has 8 heavy (non-hydrogen) atoms. The number of halogens is 2. The first-order valence-corrected chi connectivity index (χ1v) is 2.75. The quantitative estimate of drug-likeness (QED) is 0.476. The molecule has 3 nitrogen and oxygen atoms in total. The lowest BCUT2D eigenvalue weighted by Crippen LogP contribution is -2.29. The minimum Gasteiger partial charge on any atom is -0.385 e. The van der Waals surface area contributed by atoms with Crippen molar-refractivity contribution < 1.29 is 15.3 Å². The molecule has 5 heteroatoms. The lowest BCUT2D eigenvalue weighted by atomic mass is 10.4. The zero-order valence-corrected chi connectivity index (χ0v) is 5.34. The standard InChI is InChI=1S/C3H6Cl2O3/c4-2(7)1(6)3(5)8/h1-3,6-8H. The van der Waals surface area contributed by atoms with Crippen molar-refractivity contribution in [3.8, 4) is 0 Å². The van der Waals surface area contributed by atoms with E-state index < -0.39 is 17.2 Å². The summed E-state index contributed by atoms with van der Waals surface area (Å²) in [4.78, 5) is 0. The van der Waals surface area contributed by atoms with E-state index in [1.54, 1.807) is 0 Å². The van der Waals surface area contributed by atoms with Crippen LogP contribution in [-0.2, 0) is 0 Å². The first kappa shape index (κ1) is 8.46. The second kappa shape index (κ2) is 3.48. The second-order valence-corrected chi connectivity index (χ2v) is 2.13. The van der Waals surface area contributed by atoms with Gasteiger partial charge in [0.25, 0.3) is 0 Å². The molecule has 0 aliphatic heterocycles. The van der Waals surface area contributed by atoms with Crippen molar-refractivity contribution in [1.82, 2.24) is 0 Å². The molecule has 0 bridgehead atoms. The molecule has 0 aromatic carbocycles. The van der Waals surface area contributed by atoms with Crippen LogP contribution in [-0.4, -0.2) is 32.5 Å². The Bertz CT molecular complexity index is 57.5. The van der Waals surface area contributed by atoms with Crippen molar-refractivity contribution >= 4 is 23.2 Å². The number of alkyl halides is 2. The number of aliphatic hydroxyl groups excluding tert-OH is 3. The maximum Gasteiger partial charge on any atom is 0.157 e. The van der Waals surface area contributed by atoms with E-state index in [1.165, 1.54) is 0 Å². The van der Waals surface area contributed by atoms with Crippen LogP contribution >= 0.6 is 23.2 Å². The minimum absolute atomic E-state index is 1.49. The van der Waals surface area contributed by atoms with Crippen LogP contribution in [0.2, 0.25) is 0 Å². The molecule has 0 aromatic heterocycles. The zero-order chi connectivity index (χ0) is 6.73. The molecule has 0 spiro atoms. The fourth-order valence-corrected chi connectivity index (χ4v) is 0.481. The van der Waals surface area contributed by atoms with E-state index >= 15 is 0 Å². The molecule has 0 saturated heterocycles. The lowest BCUT2D eigenvalue weighted by Gasteiger charge is -2.11. The van der Waals surface area contributed by atoms with E-state index in [2.05, 4.69) is 0 Å². The normalized spacial score (nSPS) is 22.1. The molecule has 50 valence electrons. The fourth-order valence-electron chi connectivity index (χ4n) is 0.131. The van der Waals surface area contributed by atoms with Gasteiger partial charge in [-0.05, 0) is 0 Å². The van der Waals surface area contributed by atoms with E-state index in [4.69, 9.17) is 38.5 Å². The van der Waals surface area contributed by atoms with Crippen LogP contribution in [0, 0.1) is 0 Å². The third kappa shape index (κ3) is 2.69. The smallest absolute Gasteiger partial charge is 0.157 e. The highest BCUT2D eigenvalue weighted by Gasteiger charge is 2.19. The molecule has 2 unspecified atom stereocenters. The average Bonchev–Trinajstić information content (AvgIpc) is 1.64. The molecule has 0 heterocycles. The molecule has 0 saturated carbocycles. The third-order valence-corrected chi connectivity index (χ3v) is 1.08. The molecule has 0 amide bonds. The van der Waals surface area contributed by atoms with E-state index in [0.717, 1.165) is 0 Å². The van der Waals surface area contributed by atoms with Crippen LogP contribution < -0.4 is 0 Å². The minimum atomic E-state index is -1.51. The van der Waals surface area contributed by atoms with Crippen LogP contribution in [0.4, 0.5) is 0 Å². The van der Waals surface area contributed by atoms with Gasteiger partial charge in [0.15, 0.2) is 11.1 Å². The van der Waals surface area contributed by atoms with Gasteiger partial charge in [0, 0.05) is 0 Å². The highest BCUT2D eigenvalue weighted by atomic mass is 35.5. The molecule has 0 fully saturated rings. The maximum atomic E-state index is 8.44. The Morgan fingerprint density at radius 1 is 0.875 bits per heavy atom. The van der Waals surface area contributed by atoms with Gasteiger partial charge < -0.3 is 15.3 Å². The monoisotopic (exact) mass is 160 g/mol. The van der Waals surface area contributed by atoms with Crippen LogP contribution in [0.5, 0.6) is 0 Å². The Labute approximate surface area is 56.5 Å². The Morgan fingerprint density at radius 2 is 1.12 bits per heavy atom. The van der Waals surface area contributed by atoms with Crippen molar-refractivity contribution in [2.45, 2.75) is 17.2 Å². The van der Waals surface area contributed by atoms with Gasteiger partial charge >= 0.3 is 0 Å². The van der Waals surface area contributed by atoms with Crippen LogP contribution in [0.3, 0.4) is 0 Å². The maximum absolute atomic E-state index is 8.44. The van der Waals surface area contributed by atoms with E-state index in [9.17, 15) is 0 Å². The van der Waals surface area contributed by atoms with Gasteiger partial charge in [0.05, 0.1) is 0 Å². The fraction of sp³-hybridized carbons (Fsp3) is 1.00. The summed E-state index contributed by atoms with van der Waals surface area (Å²) in [7, 11) is 0. The molecule has 0 aromatic rings. The first-order valence-electron chi connectivity index (χ1n) is 1.88. The Morgan fingerprint density at radius 3 is 1.12 bits per heavy atom. The first-order chi connectivity index (χ1) is 3.55. The number of hydrogen-bond donors (Lipinski definition) is 3. The summed E-state index contributed by atoms with van der Waals surface area (Å²) in [6.45, 7) is 0. The predicted molar refractivity (Wildman–Crippen MR) is 29.7 cm³/mol. The predicted octanol–water partition coefficient (Wildman–Crippen LogP) is -0.538. The molecular weight excluding hydrogens is 155 g/mol. The largest absolute Gasteiger partial charge is 0.385 e. The van der Waals surface area contributed by atoms with Crippen molar-refractivity contribution in [2.75, 3.05) is 0 Å². The summed E-state index contributed by atoms with van der Waals surface area (Å²) in [6, 6.07) is 0. The average molecular weight is 161 g/mol. The van der Waals surface area contributed by atoms with Gasteiger partial charge in [-0.25, -0.2) is 0 Å². The van der Waals surface area contributed by atoms with Crippen molar-refractivity contribution in [2.24, 2.45) is 0 Å². The molecular formula is C3H6Cl2O3. The number of hydrogen-bond acceptors (Lipinski definition) is 3. The van der Waals surface area contributed by atoms with Gasteiger partial charge in [-0.1, -0.05) is 23.2 Å². The van der Waals surface area contributed by atoms with Crippen molar-refractivity contribution in [1.29, 1.82) is 0 Å². The molecule has 3 N–H and O–H groups in total. The Hall–Kier alpha value is 0.460. The lowest BCUT2D eigenvalue weighted by molar-refractivity contribution is 0.00659.